The molecule has 2 heterocycles. The third-order valence-corrected chi connectivity index (χ3v) is 5.03. The van der Waals surface area contributed by atoms with Crippen LogP contribution < -0.4 is 4.90 Å². The topological polar surface area (TPSA) is 67.6 Å². The Hall–Kier alpha value is -1.98. The minimum atomic E-state index is -4.72. The van der Waals surface area contributed by atoms with E-state index in [1.54, 1.807) is 0 Å². The zero-order valence-electron chi connectivity index (χ0n) is 12.5. The van der Waals surface area contributed by atoms with Crippen molar-refractivity contribution in [2.45, 2.75) is 37.7 Å². The summed E-state index contributed by atoms with van der Waals surface area (Å²) in [6.07, 6.45) is -5.84. The standard InChI is InChI=1S/C15H13ClF3N3O2/c1-7-9(3-2-8(6-20)11(7)16)22-13(15(17,18)19)12-10(23)4-5-21(12)14(22)24/h2-3,10,12-13,23H,4-5H2,1H3/t10-,12+,13-/m1/s1. The van der Waals surface area contributed by atoms with E-state index in [2.05, 4.69) is 0 Å². The van der Waals surface area contributed by atoms with Crippen LogP contribution in [0.15, 0.2) is 12.1 Å². The van der Waals surface area contributed by atoms with Gasteiger partial charge in [-0.2, -0.15) is 18.4 Å². The number of halogens is 4. The largest absolute Gasteiger partial charge is 0.411 e. The van der Waals surface area contributed by atoms with E-state index in [1.165, 1.54) is 19.1 Å². The van der Waals surface area contributed by atoms with Crippen molar-refractivity contribution >= 4 is 23.3 Å². The maximum Gasteiger partial charge on any atom is 0.411 e. The van der Waals surface area contributed by atoms with E-state index in [1.807, 2.05) is 6.07 Å². The van der Waals surface area contributed by atoms with Crippen molar-refractivity contribution in [2.24, 2.45) is 0 Å². The van der Waals surface area contributed by atoms with Crippen molar-refractivity contribution in [1.82, 2.24) is 4.90 Å². The van der Waals surface area contributed by atoms with Crippen LogP contribution >= 0.6 is 11.6 Å². The first kappa shape index (κ1) is 16.9. The molecule has 0 bridgehead atoms. The average Bonchev–Trinajstić information content (AvgIpc) is 3.01. The minimum absolute atomic E-state index is 0.00655. The molecule has 24 heavy (non-hydrogen) atoms. The lowest BCUT2D eigenvalue weighted by molar-refractivity contribution is -0.156. The molecule has 1 aromatic rings. The number of anilines is 1. The van der Waals surface area contributed by atoms with Crippen LogP contribution in [0.3, 0.4) is 0 Å². The molecule has 0 radical (unpaired) electrons. The summed E-state index contributed by atoms with van der Waals surface area (Å²) in [7, 11) is 0. The summed E-state index contributed by atoms with van der Waals surface area (Å²) in [4.78, 5) is 14.2. The summed E-state index contributed by atoms with van der Waals surface area (Å²) >= 11 is 6.03. The Balaban J connectivity index is 2.14. The number of carbonyl (C=O) groups excluding carboxylic acids is 1. The molecule has 0 unspecified atom stereocenters. The summed E-state index contributed by atoms with van der Waals surface area (Å²) < 4.78 is 40.9. The molecule has 2 amide bonds. The average molecular weight is 360 g/mol. The second-order valence-electron chi connectivity index (χ2n) is 5.86. The van der Waals surface area contributed by atoms with Crippen LogP contribution in [0, 0.1) is 18.3 Å². The van der Waals surface area contributed by atoms with E-state index in [0.29, 0.717) is 4.90 Å². The molecule has 0 aromatic heterocycles. The van der Waals surface area contributed by atoms with Gasteiger partial charge in [-0.1, -0.05) is 11.6 Å². The molecule has 9 heteroatoms. The highest BCUT2D eigenvalue weighted by Crippen LogP contribution is 2.44. The Morgan fingerprint density at radius 1 is 1.42 bits per heavy atom. The molecule has 0 spiro atoms. The number of carbonyl (C=O) groups is 1. The lowest BCUT2D eigenvalue weighted by atomic mass is 10.0. The van der Waals surface area contributed by atoms with E-state index in [9.17, 15) is 23.1 Å². The Kier molecular flexibility index (Phi) is 3.89. The van der Waals surface area contributed by atoms with Gasteiger partial charge in [0.05, 0.1) is 28.4 Å². The Morgan fingerprint density at radius 3 is 2.67 bits per heavy atom. The molecule has 1 N–H and O–H groups in total. The fraction of sp³-hybridized carbons (Fsp3) is 0.467. The number of fused-ring (bicyclic) bond motifs is 1. The van der Waals surface area contributed by atoms with Crippen molar-refractivity contribution in [3.05, 3.63) is 28.3 Å². The van der Waals surface area contributed by atoms with Crippen molar-refractivity contribution in [3.8, 4) is 6.07 Å². The number of nitrogens with zero attached hydrogens (tertiary/aromatic N) is 3. The minimum Gasteiger partial charge on any atom is -0.391 e. The first-order chi connectivity index (χ1) is 11.2. The highest BCUT2D eigenvalue weighted by atomic mass is 35.5. The Labute approximate surface area is 140 Å². The van der Waals surface area contributed by atoms with Crippen LogP contribution in [0.4, 0.5) is 23.7 Å². The number of urea groups is 1. The third-order valence-electron chi connectivity index (χ3n) is 4.55. The van der Waals surface area contributed by atoms with Crippen molar-refractivity contribution in [2.75, 3.05) is 11.4 Å². The van der Waals surface area contributed by atoms with Gasteiger partial charge in [0.25, 0.3) is 0 Å². The van der Waals surface area contributed by atoms with Crippen LogP contribution in [-0.4, -0.2) is 46.9 Å². The normalized spacial score (nSPS) is 26.7. The van der Waals surface area contributed by atoms with Gasteiger partial charge in [0.15, 0.2) is 6.04 Å². The number of hydrogen-bond donors (Lipinski definition) is 1. The lowest BCUT2D eigenvalue weighted by Crippen LogP contribution is -2.51. The molecule has 1 aromatic carbocycles. The van der Waals surface area contributed by atoms with Crippen LogP contribution in [-0.2, 0) is 0 Å². The van der Waals surface area contributed by atoms with Gasteiger partial charge < -0.3 is 10.0 Å². The predicted octanol–water partition coefficient (Wildman–Crippen LogP) is 2.83. The van der Waals surface area contributed by atoms with Crippen molar-refractivity contribution in [3.63, 3.8) is 0 Å². The number of alkyl halides is 3. The monoisotopic (exact) mass is 359 g/mol. The van der Waals surface area contributed by atoms with Crippen LogP contribution in [0.1, 0.15) is 17.5 Å². The number of nitriles is 1. The third kappa shape index (κ3) is 2.31. The van der Waals surface area contributed by atoms with E-state index >= 15 is 0 Å². The van der Waals surface area contributed by atoms with E-state index < -0.39 is 30.4 Å². The molecule has 3 rings (SSSR count). The summed E-state index contributed by atoms with van der Waals surface area (Å²) in [5.74, 6) is 0. The number of rotatable bonds is 1. The van der Waals surface area contributed by atoms with E-state index in [-0.39, 0.29) is 34.8 Å². The number of aliphatic hydroxyl groups excluding tert-OH is 1. The predicted molar refractivity (Wildman–Crippen MR) is 79.7 cm³/mol. The van der Waals surface area contributed by atoms with Gasteiger partial charge in [-0.25, -0.2) is 4.79 Å². The molecule has 0 aliphatic carbocycles. The number of aliphatic hydroxyl groups is 1. The molecule has 2 aliphatic rings. The second kappa shape index (κ2) is 5.53. The highest BCUT2D eigenvalue weighted by molar-refractivity contribution is 6.33. The van der Waals surface area contributed by atoms with Crippen LogP contribution in [0.5, 0.6) is 0 Å². The number of amides is 2. The number of benzene rings is 1. The lowest BCUT2D eigenvalue weighted by Gasteiger charge is -2.30. The quantitative estimate of drug-likeness (QED) is 0.838. The molecule has 2 fully saturated rings. The zero-order chi connectivity index (χ0) is 17.8. The molecule has 2 aliphatic heterocycles. The summed E-state index contributed by atoms with van der Waals surface area (Å²) in [6.45, 7) is 1.52. The van der Waals surface area contributed by atoms with Gasteiger partial charge in [0.1, 0.15) is 6.07 Å². The van der Waals surface area contributed by atoms with Crippen LogP contribution in [0.2, 0.25) is 5.02 Å². The second-order valence-corrected chi connectivity index (χ2v) is 6.24. The molecular weight excluding hydrogens is 347 g/mol. The van der Waals surface area contributed by atoms with Gasteiger partial charge in [0, 0.05) is 6.54 Å². The van der Waals surface area contributed by atoms with Gasteiger partial charge in [-0.05, 0) is 31.0 Å². The SMILES string of the molecule is Cc1c(N2C(=O)N3CC[C@@H](O)[C@H]3[C@@H]2C(F)(F)F)ccc(C#N)c1Cl. The van der Waals surface area contributed by atoms with Crippen molar-refractivity contribution < 1.29 is 23.1 Å². The highest BCUT2D eigenvalue weighted by Gasteiger charge is 2.62. The first-order valence-electron chi connectivity index (χ1n) is 7.22. The Morgan fingerprint density at radius 2 is 2.08 bits per heavy atom. The van der Waals surface area contributed by atoms with Gasteiger partial charge in [-0.15, -0.1) is 0 Å². The molecule has 2 saturated heterocycles. The van der Waals surface area contributed by atoms with Crippen LogP contribution in [0.25, 0.3) is 0 Å². The molecule has 5 nitrogen and oxygen atoms in total. The van der Waals surface area contributed by atoms with E-state index in [4.69, 9.17) is 16.9 Å². The fourth-order valence-electron chi connectivity index (χ4n) is 3.43. The fourth-order valence-corrected chi connectivity index (χ4v) is 3.63. The maximum absolute atomic E-state index is 13.6. The smallest absolute Gasteiger partial charge is 0.391 e. The van der Waals surface area contributed by atoms with Gasteiger partial charge in [0.2, 0.25) is 0 Å². The van der Waals surface area contributed by atoms with Crippen molar-refractivity contribution in [1.29, 1.82) is 5.26 Å². The summed E-state index contributed by atoms with van der Waals surface area (Å²) in [6, 6.07) is 0.0910. The number of hydrogen-bond acceptors (Lipinski definition) is 3. The Bertz CT molecular complexity index is 747. The molecule has 3 atom stereocenters. The zero-order valence-corrected chi connectivity index (χ0v) is 13.3. The maximum atomic E-state index is 13.6. The molecule has 128 valence electrons. The first-order valence-corrected chi connectivity index (χ1v) is 7.60. The van der Waals surface area contributed by atoms with E-state index in [0.717, 1.165) is 4.90 Å². The van der Waals surface area contributed by atoms with Gasteiger partial charge >= 0.3 is 12.2 Å². The summed E-state index contributed by atoms with van der Waals surface area (Å²) in [5, 5.41) is 18.9. The summed E-state index contributed by atoms with van der Waals surface area (Å²) in [5.41, 5.74) is 0.329. The molecule has 0 saturated carbocycles. The van der Waals surface area contributed by atoms with Gasteiger partial charge in [-0.3, -0.25) is 4.90 Å². The molecular formula is C15H13ClF3N3O2.